The van der Waals surface area contributed by atoms with Crippen LogP contribution in [0.4, 0.5) is 8.78 Å². The number of halogens is 2. The van der Waals surface area contributed by atoms with Crippen LogP contribution >= 0.6 is 0 Å². The first-order chi connectivity index (χ1) is 13.1. The van der Waals surface area contributed by atoms with Crippen molar-refractivity contribution in [2.24, 2.45) is 0 Å². The Labute approximate surface area is 156 Å². The quantitative estimate of drug-likeness (QED) is 0.750. The van der Waals surface area contributed by atoms with Gasteiger partial charge in [-0.3, -0.25) is 9.69 Å². The zero-order valence-electron chi connectivity index (χ0n) is 14.5. The van der Waals surface area contributed by atoms with E-state index in [2.05, 4.69) is 5.32 Å². The smallest absolute Gasteiger partial charge is 0.235 e. The van der Waals surface area contributed by atoms with Crippen LogP contribution < -0.4 is 5.32 Å². The molecule has 0 radical (unpaired) electrons. The summed E-state index contributed by atoms with van der Waals surface area (Å²) in [4.78, 5) is 13.7. The summed E-state index contributed by atoms with van der Waals surface area (Å²) in [5, 5.41) is 2.76. The van der Waals surface area contributed by atoms with Gasteiger partial charge in [0.15, 0.2) is 0 Å². The Kier molecular flexibility index (Phi) is 4.69. The van der Waals surface area contributed by atoms with Crippen LogP contribution in [0, 0.1) is 11.6 Å². The molecule has 0 aliphatic carbocycles. The number of amides is 1. The van der Waals surface area contributed by atoms with E-state index >= 15 is 0 Å². The first-order valence-electron chi connectivity index (χ1n) is 8.73. The number of benzene rings is 3. The fraction of sp³-hybridized carbons (Fsp3) is 0.136. The summed E-state index contributed by atoms with van der Waals surface area (Å²) in [6, 6.07) is 21.5. The molecule has 136 valence electrons. The normalized spacial score (nSPS) is 17.1. The average Bonchev–Trinajstić information content (AvgIpc) is 3.03. The summed E-state index contributed by atoms with van der Waals surface area (Å²) < 4.78 is 27.4. The van der Waals surface area contributed by atoms with Gasteiger partial charge in [-0.2, -0.15) is 0 Å². The standard InChI is InChI=1S/C22H18F2N2O/c23-18-10-11-19(20(24)12-18)22-25-21(27)14-26(22)13-15-6-8-17(9-7-15)16-4-2-1-3-5-16/h1-12,22H,13-14H2,(H,25,27)/t22-/m1/s1. The molecule has 3 aromatic carbocycles. The number of rotatable bonds is 4. The predicted molar refractivity (Wildman–Crippen MR) is 99.5 cm³/mol. The largest absolute Gasteiger partial charge is 0.335 e. The SMILES string of the molecule is O=C1CN(Cc2ccc(-c3ccccc3)cc2)[C@H](c2ccc(F)cc2F)N1. The lowest BCUT2D eigenvalue weighted by atomic mass is 10.0. The number of carbonyl (C=O) groups is 1. The van der Waals surface area contributed by atoms with Gasteiger partial charge in [-0.05, 0) is 28.8 Å². The van der Waals surface area contributed by atoms with E-state index in [1.165, 1.54) is 12.1 Å². The second kappa shape index (κ2) is 7.29. The van der Waals surface area contributed by atoms with E-state index in [0.717, 1.165) is 22.8 Å². The summed E-state index contributed by atoms with van der Waals surface area (Å²) in [5.41, 5.74) is 3.52. The molecule has 4 rings (SSSR count). The first kappa shape index (κ1) is 17.4. The Balaban J connectivity index is 1.54. The Bertz CT molecular complexity index is 958. The van der Waals surface area contributed by atoms with Crippen molar-refractivity contribution in [2.75, 3.05) is 6.54 Å². The molecule has 5 heteroatoms. The van der Waals surface area contributed by atoms with Crippen molar-refractivity contribution in [2.45, 2.75) is 12.7 Å². The van der Waals surface area contributed by atoms with E-state index in [4.69, 9.17) is 0 Å². The van der Waals surface area contributed by atoms with Crippen LogP contribution in [0.5, 0.6) is 0 Å². The Morgan fingerprint density at radius 3 is 2.33 bits per heavy atom. The molecule has 27 heavy (non-hydrogen) atoms. The Morgan fingerprint density at radius 2 is 1.63 bits per heavy atom. The van der Waals surface area contributed by atoms with Crippen LogP contribution in [0.2, 0.25) is 0 Å². The molecule has 1 amide bonds. The molecule has 0 saturated carbocycles. The lowest BCUT2D eigenvalue weighted by Crippen LogP contribution is -2.28. The predicted octanol–water partition coefficient (Wildman–Crippen LogP) is 4.26. The highest BCUT2D eigenvalue weighted by Gasteiger charge is 2.32. The van der Waals surface area contributed by atoms with Crippen LogP contribution in [0.1, 0.15) is 17.3 Å². The minimum atomic E-state index is -0.661. The minimum Gasteiger partial charge on any atom is -0.335 e. The Hall–Kier alpha value is -3.05. The van der Waals surface area contributed by atoms with Crippen molar-refractivity contribution >= 4 is 5.91 Å². The van der Waals surface area contributed by atoms with Gasteiger partial charge in [0, 0.05) is 18.2 Å². The molecule has 1 aliphatic heterocycles. The number of nitrogens with one attached hydrogen (secondary N) is 1. The maximum absolute atomic E-state index is 14.2. The molecule has 1 N–H and O–H groups in total. The van der Waals surface area contributed by atoms with Gasteiger partial charge in [0.1, 0.15) is 17.8 Å². The lowest BCUT2D eigenvalue weighted by Gasteiger charge is -2.24. The topological polar surface area (TPSA) is 32.3 Å². The summed E-state index contributed by atoms with van der Waals surface area (Å²) in [6.45, 7) is 0.650. The zero-order chi connectivity index (χ0) is 18.8. The molecule has 0 bridgehead atoms. The fourth-order valence-corrected chi connectivity index (χ4v) is 3.38. The molecule has 3 aromatic rings. The highest BCUT2D eigenvalue weighted by Crippen LogP contribution is 2.27. The van der Waals surface area contributed by atoms with Crippen molar-refractivity contribution in [1.82, 2.24) is 10.2 Å². The monoisotopic (exact) mass is 364 g/mol. The molecule has 1 fully saturated rings. The van der Waals surface area contributed by atoms with E-state index in [0.29, 0.717) is 6.54 Å². The van der Waals surface area contributed by atoms with Crippen molar-refractivity contribution in [3.63, 3.8) is 0 Å². The van der Waals surface area contributed by atoms with Crippen LogP contribution in [-0.2, 0) is 11.3 Å². The van der Waals surface area contributed by atoms with Gasteiger partial charge in [-0.25, -0.2) is 8.78 Å². The third-order valence-corrected chi connectivity index (χ3v) is 4.71. The van der Waals surface area contributed by atoms with Crippen LogP contribution in [-0.4, -0.2) is 17.4 Å². The maximum atomic E-state index is 14.2. The summed E-state index contributed by atoms with van der Waals surface area (Å²) in [6.07, 6.45) is -0.605. The van der Waals surface area contributed by atoms with Gasteiger partial charge in [0.25, 0.3) is 0 Å². The molecule has 0 unspecified atom stereocenters. The van der Waals surface area contributed by atoms with Gasteiger partial charge in [-0.1, -0.05) is 54.6 Å². The van der Waals surface area contributed by atoms with Crippen molar-refractivity contribution in [3.8, 4) is 11.1 Å². The molecule has 3 nitrogen and oxygen atoms in total. The van der Waals surface area contributed by atoms with E-state index in [1.807, 2.05) is 59.5 Å². The fourth-order valence-electron chi connectivity index (χ4n) is 3.38. The van der Waals surface area contributed by atoms with Crippen molar-refractivity contribution in [3.05, 3.63) is 95.6 Å². The molecule has 1 aliphatic rings. The van der Waals surface area contributed by atoms with Crippen molar-refractivity contribution in [1.29, 1.82) is 0 Å². The second-order valence-electron chi connectivity index (χ2n) is 6.60. The average molecular weight is 364 g/mol. The van der Waals surface area contributed by atoms with E-state index in [9.17, 15) is 13.6 Å². The maximum Gasteiger partial charge on any atom is 0.235 e. The van der Waals surface area contributed by atoms with Crippen molar-refractivity contribution < 1.29 is 13.6 Å². The number of nitrogens with zero attached hydrogens (tertiary/aromatic N) is 1. The van der Waals surface area contributed by atoms with Crippen LogP contribution in [0.3, 0.4) is 0 Å². The van der Waals surface area contributed by atoms with Gasteiger partial charge in [0.05, 0.1) is 6.54 Å². The zero-order valence-corrected chi connectivity index (χ0v) is 14.5. The van der Waals surface area contributed by atoms with Gasteiger partial charge in [0.2, 0.25) is 5.91 Å². The molecular formula is C22H18F2N2O. The van der Waals surface area contributed by atoms with Crippen LogP contribution in [0.15, 0.2) is 72.8 Å². The third-order valence-electron chi connectivity index (χ3n) is 4.71. The Morgan fingerprint density at radius 1 is 0.926 bits per heavy atom. The molecule has 0 aromatic heterocycles. The lowest BCUT2D eigenvalue weighted by molar-refractivity contribution is -0.118. The third kappa shape index (κ3) is 3.73. The van der Waals surface area contributed by atoms with Gasteiger partial charge >= 0.3 is 0 Å². The summed E-state index contributed by atoms with van der Waals surface area (Å²) in [5.74, 6) is -1.47. The van der Waals surface area contributed by atoms with Gasteiger partial charge < -0.3 is 5.32 Å². The number of carbonyl (C=O) groups excluding carboxylic acids is 1. The summed E-state index contributed by atoms with van der Waals surface area (Å²) in [7, 11) is 0. The number of hydrogen-bond acceptors (Lipinski definition) is 2. The van der Waals surface area contributed by atoms with Gasteiger partial charge in [-0.15, -0.1) is 0 Å². The van der Waals surface area contributed by atoms with E-state index < -0.39 is 17.8 Å². The molecule has 1 atom stereocenters. The highest BCUT2D eigenvalue weighted by molar-refractivity contribution is 5.80. The number of hydrogen-bond donors (Lipinski definition) is 1. The molecular weight excluding hydrogens is 346 g/mol. The first-order valence-corrected chi connectivity index (χ1v) is 8.73. The highest BCUT2D eigenvalue weighted by atomic mass is 19.1. The molecule has 0 spiro atoms. The molecule has 1 heterocycles. The van der Waals surface area contributed by atoms with E-state index in [1.54, 1.807) is 0 Å². The second-order valence-corrected chi connectivity index (χ2v) is 6.60. The molecule has 1 saturated heterocycles. The van der Waals surface area contributed by atoms with Crippen LogP contribution in [0.25, 0.3) is 11.1 Å². The van der Waals surface area contributed by atoms with E-state index in [-0.39, 0.29) is 18.0 Å². The summed E-state index contributed by atoms with van der Waals surface area (Å²) >= 11 is 0. The minimum absolute atomic E-state index is 0.169.